The molecule has 0 bridgehead atoms. The molecule has 1 aliphatic rings. The van der Waals surface area contributed by atoms with Gasteiger partial charge in [0.1, 0.15) is 11.6 Å². The summed E-state index contributed by atoms with van der Waals surface area (Å²) in [7, 11) is 0. The van der Waals surface area contributed by atoms with Crippen LogP contribution in [-0.4, -0.2) is 38.7 Å². The molecule has 6 nitrogen and oxygen atoms in total. The Morgan fingerprint density at radius 2 is 2.06 bits per heavy atom. The normalized spacial score (nSPS) is 13.2. The first-order chi connectivity index (χ1) is 15.3. The molecule has 8 heteroatoms. The Bertz CT molecular complexity index is 1200. The molecule has 1 aromatic carbocycles. The van der Waals surface area contributed by atoms with Crippen molar-refractivity contribution in [3.8, 4) is 0 Å². The van der Waals surface area contributed by atoms with Gasteiger partial charge in [-0.1, -0.05) is 36.4 Å². The monoisotopic (exact) mass is 454 g/mol. The minimum Gasteiger partial charge on any atom is -0.350 e. The Labute approximate surface area is 190 Å². The molecule has 4 rings (SSSR count). The van der Waals surface area contributed by atoms with Crippen molar-refractivity contribution in [2.45, 2.75) is 38.8 Å². The van der Waals surface area contributed by atoms with Gasteiger partial charge in [0.15, 0.2) is 0 Å². The van der Waals surface area contributed by atoms with E-state index >= 15 is 0 Å². The molecule has 32 heavy (non-hydrogen) atoms. The van der Waals surface area contributed by atoms with Crippen molar-refractivity contribution in [2.75, 3.05) is 6.54 Å². The van der Waals surface area contributed by atoms with Crippen molar-refractivity contribution in [1.29, 1.82) is 0 Å². The van der Waals surface area contributed by atoms with Crippen molar-refractivity contribution >= 4 is 34.5 Å². The SMILES string of the molecule is C=C(C)c1nc(CC(=O)N(CC(=O)NCc2cccc(Cl)c2F)C2CC2)c2ccccn12. The lowest BCUT2D eigenvalue weighted by Crippen LogP contribution is -2.42. The van der Waals surface area contributed by atoms with Crippen LogP contribution < -0.4 is 5.32 Å². The number of halogens is 2. The highest BCUT2D eigenvalue weighted by molar-refractivity contribution is 6.30. The molecular weight excluding hydrogens is 431 g/mol. The molecule has 2 amide bonds. The van der Waals surface area contributed by atoms with Crippen LogP contribution >= 0.6 is 11.6 Å². The number of nitrogens with zero attached hydrogens (tertiary/aromatic N) is 3. The molecule has 0 spiro atoms. The fourth-order valence-corrected chi connectivity index (χ4v) is 3.87. The van der Waals surface area contributed by atoms with Crippen molar-refractivity contribution in [2.24, 2.45) is 0 Å². The van der Waals surface area contributed by atoms with Gasteiger partial charge in [-0.3, -0.25) is 14.0 Å². The largest absolute Gasteiger partial charge is 0.350 e. The number of pyridine rings is 1. The van der Waals surface area contributed by atoms with Crippen molar-refractivity contribution in [3.63, 3.8) is 0 Å². The number of benzene rings is 1. The van der Waals surface area contributed by atoms with Crippen LogP contribution in [0.5, 0.6) is 0 Å². The molecule has 0 atom stereocenters. The zero-order chi connectivity index (χ0) is 22.8. The predicted octanol–water partition coefficient (Wildman–Crippen LogP) is 4.01. The van der Waals surface area contributed by atoms with Gasteiger partial charge in [-0.25, -0.2) is 9.37 Å². The Kier molecular flexibility index (Phi) is 6.28. The van der Waals surface area contributed by atoms with Gasteiger partial charge in [0, 0.05) is 24.3 Å². The van der Waals surface area contributed by atoms with Crippen molar-refractivity contribution in [3.05, 3.63) is 77.1 Å². The average molecular weight is 455 g/mol. The maximum atomic E-state index is 14.0. The first kappa shape index (κ1) is 22.0. The Balaban J connectivity index is 1.45. The van der Waals surface area contributed by atoms with Crippen LogP contribution in [-0.2, 0) is 22.6 Å². The highest BCUT2D eigenvalue weighted by atomic mass is 35.5. The third-order valence-electron chi connectivity index (χ3n) is 5.45. The van der Waals surface area contributed by atoms with Gasteiger partial charge >= 0.3 is 0 Å². The van der Waals surface area contributed by atoms with E-state index in [9.17, 15) is 14.0 Å². The molecule has 3 aromatic rings. The van der Waals surface area contributed by atoms with Gasteiger partial charge in [-0.15, -0.1) is 0 Å². The summed E-state index contributed by atoms with van der Waals surface area (Å²) in [4.78, 5) is 31.9. The minimum atomic E-state index is -0.551. The van der Waals surface area contributed by atoms with E-state index in [0.29, 0.717) is 17.1 Å². The predicted molar refractivity (Wildman–Crippen MR) is 122 cm³/mol. The first-order valence-corrected chi connectivity index (χ1v) is 10.8. The Hall–Kier alpha value is -3.19. The number of aromatic nitrogens is 2. The summed E-state index contributed by atoms with van der Waals surface area (Å²) in [6.07, 6.45) is 3.71. The number of rotatable bonds is 8. The first-order valence-electron chi connectivity index (χ1n) is 10.5. The maximum Gasteiger partial charge on any atom is 0.239 e. The van der Waals surface area contributed by atoms with Crippen LogP contribution in [0.15, 0.2) is 49.2 Å². The van der Waals surface area contributed by atoms with Crippen LogP contribution in [0.4, 0.5) is 4.39 Å². The lowest BCUT2D eigenvalue weighted by atomic mass is 10.2. The number of carbonyl (C=O) groups excluding carboxylic acids is 2. The highest BCUT2D eigenvalue weighted by Gasteiger charge is 2.34. The molecule has 2 aromatic heterocycles. The van der Waals surface area contributed by atoms with E-state index in [1.165, 1.54) is 6.07 Å². The van der Waals surface area contributed by atoms with Crippen molar-refractivity contribution in [1.82, 2.24) is 19.6 Å². The summed E-state index contributed by atoms with van der Waals surface area (Å²) in [5.41, 5.74) is 2.60. The van der Waals surface area contributed by atoms with E-state index in [0.717, 1.165) is 23.9 Å². The molecule has 0 radical (unpaired) electrons. The van der Waals surface area contributed by atoms with E-state index in [2.05, 4.69) is 16.9 Å². The summed E-state index contributed by atoms with van der Waals surface area (Å²) in [6, 6.07) is 10.4. The topological polar surface area (TPSA) is 66.7 Å². The number of hydrogen-bond donors (Lipinski definition) is 1. The second-order valence-electron chi connectivity index (χ2n) is 8.04. The van der Waals surface area contributed by atoms with Gasteiger partial charge in [0.05, 0.1) is 29.2 Å². The zero-order valence-electron chi connectivity index (χ0n) is 17.8. The van der Waals surface area contributed by atoms with E-state index in [-0.39, 0.29) is 42.4 Å². The molecule has 1 N–H and O–H groups in total. The molecular formula is C24H24ClFN4O2. The summed E-state index contributed by atoms with van der Waals surface area (Å²) in [5.74, 6) is -0.345. The quantitative estimate of drug-likeness (QED) is 0.559. The summed E-state index contributed by atoms with van der Waals surface area (Å²) in [5, 5.41) is 2.69. The molecule has 1 fully saturated rings. The van der Waals surface area contributed by atoms with Crippen LogP contribution in [0.3, 0.4) is 0 Å². The van der Waals surface area contributed by atoms with E-state index < -0.39 is 5.82 Å². The van der Waals surface area contributed by atoms with Gasteiger partial charge in [0.2, 0.25) is 11.8 Å². The Morgan fingerprint density at radius 1 is 1.28 bits per heavy atom. The van der Waals surface area contributed by atoms with E-state index in [4.69, 9.17) is 11.6 Å². The third kappa shape index (κ3) is 4.67. The number of allylic oxidation sites excluding steroid dienone is 1. The number of imidazole rings is 1. The number of amides is 2. The lowest BCUT2D eigenvalue weighted by Gasteiger charge is -2.21. The van der Waals surface area contributed by atoms with E-state index in [1.54, 1.807) is 17.0 Å². The molecule has 0 saturated heterocycles. The van der Waals surface area contributed by atoms with Crippen LogP contribution in [0.2, 0.25) is 5.02 Å². The van der Waals surface area contributed by atoms with Crippen LogP contribution in [0.1, 0.15) is 36.8 Å². The van der Waals surface area contributed by atoms with Gasteiger partial charge in [0.25, 0.3) is 0 Å². The highest BCUT2D eigenvalue weighted by Crippen LogP contribution is 2.28. The zero-order valence-corrected chi connectivity index (χ0v) is 18.5. The number of carbonyl (C=O) groups is 2. The number of hydrogen-bond acceptors (Lipinski definition) is 3. The summed E-state index contributed by atoms with van der Waals surface area (Å²) in [6.45, 7) is 5.77. The lowest BCUT2D eigenvalue weighted by molar-refractivity contribution is -0.136. The van der Waals surface area contributed by atoms with Gasteiger partial charge in [-0.05, 0) is 43.5 Å². The summed E-state index contributed by atoms with van der Waals surface area (Å²) < 4.78 is 16.0. The standard InChI is InChI=1S/C24H24ClFN4O2/c1-15(2)24-28-19(20-8-3-4-11-29(20)24)12-22(32)30(17-9-10-17)14-21(31)27-13-16-6-5-7-18(25)23(16)26/h3-8,11,17H,1,9-10,12-14H2,2H3,(H,27,31). The molecule has 2 heterocycles. The molecule has 0 aliphatic heterocycles. The molecule has 1 aliphatic carbocycles. The molecule has 0 unspecified atom stereocenters. The minimum absolute atomic E-state index is 0.00553. The maximum absolute atomic E-state index is 14.0. The van der Waals surface area contributed by atoms with Crippen LogP contribution in [0.25, 0.3) is 11.1 Å². The molecule has 1 saturated carbocycles. The van der Waals surface area contributed by atoms with Crippen LogP contribution in [0, 0.1) is 5.82 Å². The Morgan fingerprint density at radius 3 is 2.78 bits per heavy atom. The van der Waals surface area contributed by atoms with Gasteiger partial charge in [-0.2, -0.15) is 0 Å². The fourth-order valence-electron chi connectivity index (χ4n) is 3.67. The van der Waals surface area contributed by atoms with E-state index in [1.807, 2.05) is 35.7 Å². The average Bonchev–Trinajstić information content (AvgIpc) is 3.54. The number of nitrogens with one attached hydrogen (secondary N) is 1. The van der Waals surface area contributed by atoms with Gasteiger partial charge < -0.3 is 10.2 Å². The second kappa shape index (κ2) is 9.12. The fraction of sp³-hybridized carbons (Fsp3) is 0.292. The second-order valence-corrected chi connectivity index (χ2v) is 8.44. The summed E-state index contributed by atoms with van der Waals surface area (Å²) >= 11 is 5.79. The van der Waals surface area contributed by atoms with Crippen molar-refractivity contribution < 1.29 is 14.0 Å². The number of fused-ring (bicyclic) bond motifs is 1. The third-order valence-corrected chi connectivity index (χ3v) is 5.75. The smallest absolute Gasteiger partial charge is 0.239 e. The molecule has 166 valence electrons.